The molecule has 1 saturated carbocycles. The van der Waals surface area contributed by atoms with Crippen molar-refractivity contribution in [2.45, 2.75) is 25.3 Å². The van der Waals surface area contributed by atoms with E-state index in [4.69, 9.17) is 21.8 Å². The van der Waals surface area contributed by atoms with Crippen molar-refractivity contribution in [3.8, 4) is 0 Å². The van der Waals surface area contributed by atoms with Crippen molar-refractivity contribution in [2.24, 2.45) is 11.7 Å². The number of nitrogens with two attached hydrogens (primary N) is 1. The fourth-order valence-corrected chi connectivity index (χ4v) is 2.23. The van der Waals surface area contributed by atoms with Gasteiger partial charge in [0.25, 0.3) is 0 Å². The molecule has 0 spiro atoms. The second-order valence-electron chi connectivity index (χ2n) is 4.62. The lowest BCUT2D eigenvalue weighted by Crippen LogP contribution is -2.09. The first kappa shape index (κ1) is 10.2. The Labute approximate surface area is 99.4 Å². The maximum Gasteiger partial charge on any atom is 0.134 e. The van der Waals surface area contributed by atoms with Gasteiger partial charge in [0.1, 0.15) is 11.3 Å². The molecule has 2 nitrogen and oxygen atoms in total. The Kier molecular flexibility index (Phi) is 2.41. The molecule has 1 aromatic heterocycles. The molecule has 1 aromatic carbocycles. The second kappa shape index (κ2) is 3.79. The molecule has 16 heavy (non-hydrogen) atoms. The van der Waals surface area contributed by atoms with Crippen LogP contribution in [0.2, 0.25) is 5.02 Å². The van der Waals surface area contributed by atoms with E-state index < -0.39 is 0 Å². The molecule has 0 aliphatic heterocycles. The smallest absolute Gasteiger partial charge is 0.134 e. The van der Waals surface area contributed by atoms with Crippen LogP contribution >= 0.6 is 11.6 Å². The molecule has 0 unspecified atom stereocenters. The zero-order chi connectivity index (χ0) is 11.1. The van der Waals surface area contributed by atoms with Gasteiger partial charge in [0.05, 0.1) is 6.04 Å². The Morgan fingerprint density at radius 2 is 2.19 bits per heavy atom. The van der Waals surface area contributed by atoms with E-state index in [1.807, 2.05) is 24.3 Å². The molecule has 3 heteroatoms. The average molecular weight is 236 g/mol. The third-order valence-electron chi connectivity index (χ3n) is 3.15. The molecule has 0 amide bonds. The Morgan fingerprint density at radius 1 is 1.38 bits per heavy atom. The minimum Gasteiger partial charge on any atom is -0.459 e. The first-order chi connectivity index (χ1) is 7.72. The van der Waals surface area contributed by atoms with Crippen LogP contribution in [-0.4, -0.2) is 0 Å². The van der Waals surface area contributed by atoms with Gasteiger partial charge in [-0.1, -0.05) is 24.4 Å². The highest BCUT2D eigenvalue weighted by molar-refractivity contribution is 6.31. The predicted molar refractivity (Wildman–Crippen MR) is 65.5 cm³/mol. The van der Waals surface area contributed by atoms with Crippen LogP contribution in [0.25, 0.3) is 11.0 Å². The SMILES string of the molecule is N[C@H](CC1CC1)c1cc2cc(Cl)ccc2o1. The van der Waals surface area contributed by atoms with E-state index in [1.165, 1.54) is 12.8 Å². The topological polar surface area (TPSA) is 39.2 Å². The van der Waals surface area contributed by atoms with Crippen LogP contribution in [0.5, 0.6) is 0 Å². The molecule has 1 fully saturated rings. The van der Waals surface area contributed by atoms with E-state index in [9.17, 15) is 0 Å². The summed E-state index contributed by atoms with van der Waals surface area (Å²) in [6, 6.07) is 7.68. The zero-order valence-electron chi connectivity index (χ0n) is 8.95. The summed E-state index contributed by atoms with van der Waals surface area (Å²) in [4.78, 5) is 0. The maximum absolute atomic E-state index is 6.11. The molecule has 2 aromatic rings. The van der Waals surface area contributed by atoms with E-state index in [0.29, 0.717) is 0 Å². The van der Waals surface area contributed by atoms with Crippen LogP contribution in [0.15, 0.2) is 28.7 Å². The first-order valence-corrected chi connectivity index (χ1v) is 6.05. The van der Waals surface area contributed by atoms with Crippen molar-refractivity contribution < 1.29 is 4.42 Å². The molecule has 0 saturated heterocycles. The van der Waals surface area contributed by atoms with Crippen molar-refractivity contribution in [1.82, 2.24) is 0 Å². The highest BCUT2D eigenvalue weighted by atomic mass is 35.5. The number of benzene rings is 1. The number of rotatable bonds is 3. The van der Waals surface area contributed by atoms with Gasteiger partial charge in [-0.05, 0) is 36.6 Å². The van der Waals surface area contributed by atoms with Crippen LogP contribution in [0.1, 0.15) is 31.1 Å². The van der Waals surface area contributed by atoms with Gasteiger partial charge in [0, 0.05) is 10.4 Å². The van der Waals surface area contributed by atoms with E-state index in [1.54, 1.807) is 0 Å². The van der Waals surface area contributed by atoms with Gasteiger partial charge >= 0.3 is 0 Å². The average Bonchev–Trinajstić information content (AvgIpc) is 2.95. The molecule has 84 valence electrons. The fourth-order valence-electron chi connectivity index (χ4n) is 2.05. The lowest BCUT2D eigenvalue weighted by atomic mass is 10.1. The minimum absolute atomic E-state index is 0.0266. The number of furan rings is 1. The summed E-state index contributed by atoms with van der Waals surface area (Å²) in [5.74, 6) is 1.69. The zero-order valence-corrected chi connectivity index (χ0v) is 9.70. The molecular weight excluding hydrogens is 222 g/mol. The molecule has 1 aliphatic carbocycles. The number of hydrogen-bond donors (Lipinski definition) is 1. The Hall–Kier alpha value is -0.990. The van der Waals surface area contributed by atoms with E-state index in [0.717, 1.165) is 34.1 Å². The van der Waals surface area contributed by atoms with Crippen molar-refractivity contribution in [3.05, 3.63) is 35.0 Å². The normalized spacial score (nSPS) is 17.9. The highest BCUT2D eigenvalue weighted by Gasteiger charge is 2.25. The molecule has 0 bridgehead atoms. The number of halogens is 1. The summed E-state index contributed by atoms with van der Waals surface area (Å²) in [6.45, 7) is 0. The molecule has 3 rings (SSSR count). The molecule has 2 N–H and O–H groups in total. The standard InChI is InChI=1S/C13H14ClNO/c14-10-3-4-12-9(6-10)7-13(16-12)11(15)5-8-1-2-8/h3-4,6-8,11H,1-2,5,15H2/t11-/m1/s1. The van der Waals surface area contributed by atoms with E-state index in [-0.39, 0.29) is 6.04 Å². The molecule has 1 heterocycles. The summed E-state index contributed by atoms with van der Waals surface area (Å²) in [7, 11) is 0. The highest BCUT2D eigenvalue weighted by Crippen LogP contribution is 2.37. The quantitative estimate of drug-likeness (QED) is 0.877. The Balaban J connectivity index is 1.91. The maximum atomic E-state index is 6.11. The van der Waals surface area contributed by atoms with Gasteiger partial charge in [-0.2, -0.15) is 0 Å². The van der Waals surface area contributed by atoms with Gasteiger partial charge in [-0.25, -0.2) is 0 Å². The predicted octanol–water partition coefficient (Wildman–Crippen LogP) is 3.89. The van der Waals surface area contributed by atoms with E-state index in [2.05, 4.69) is 0 Å². The van der Waals surface area contributed by atoms with Gasteiger partial charge in [0.15, 0.2) is 0 Å². The summed E-state index contributed by atoms with van der Waals surface area (Å²) in [5.41, 5.74) is 6.98. The van der Waals surface area contributed by atoms with Crippen molar-refractivity contribution in [2.75, 3.05) is 0 Å². The molecule has 1 aliphatic rings. The summed E-state index contributed by atoms with van der Waals surface area (Å²) in [6.07, 6.45) is 3.67. The van der Waals surface area contributed by atoms with Crippen LogP contribution in [0, 0.1) is 5.92 Å². The second-order valence-corrected chi connectivity index (χ2v) is 5.05. The lowest BCUT2D eigenvalue weighted by molar-refractivity contribution is 0.463. The number of hydrogen-bond acceptors (Lipinski definition) is 2. The van der Waals surface area contributed by atoms with Gasteiger partial charge in [0.2, 0.25) is 0 Å². The largest absolute Gasteiger partial charge is 0.459 e. The third-order valence-corrected chi connectivity index (χ3v) is 3.38. The summed E-state index contributed by atoms with van der Waals surface area (Å²) < 4.78 is 5.73. The van der Waals surface area contributed by atoms with Gasteiger partial charge in [-0.3, -0.25) is 0 Å². The van der Waals surface area contributed by atoms with Crippen LogP contribution in [-0.2, 0) is 0 Å². The van der Waals surface area contributed by atoms with Gasteiger partial charge < -0.3 is 10.2 Å². The molecule has 0 radical (unpaired) electrons. The summed E-state index contributed by atoms with van der Waals surface area (Å²) >= 11 is 5.93. The van der Waals surface area contributed by atoms with Crippen molar-refractivity contribution in [1.29, 1.82) is 0 Å². The lowest BCUT2D eigenvalue weighted by Gasteiger charge is -2.06. The monoisotopic (exact) mass is 235 g/mol. The van der Waals surface area contributed by atoms with E-state index >= 15 is 0 Å². The van der Waals surface area contributed by atoms with Crippen LogP contribution in [0.4, 0.5) is 0 Å². The summed E-state index contributed by atoms with van der Waals surface area (Å²) in [5, 5.41) is 1.77. The van der Waals surface area contributed by atoms with Gasteiger partial charge in [-0.15, -0.1) is 0 Å². The van der Waals surface area contributed by atoms with Crippen LogP contribution in [0.3, 0.4) is 0 Å². The first-order valence-electron chi connectivity index (χ1n) is 5.67. The Bertz CT molecular complexity index is 516. The molecular formula is C13H14ClNO. The number of fused-ring (bicyclic) bond motifs is 1. The molecule has 1 atom stereocenters. The Morgan fingerprint density at radius 3 is 2.94 bits per heavy atom. The minimum atomic E-state index is 0.0266. The third kappa shape index (κ3) is 1.95. The van der Waals surface area contributed by atoms with Crippen molar-refractivity contribution >= 4 is 22.6 Å². The van der Waals surface area contributed by atoms with Crippen LogP contribution < -0.4 is 5.73 Å². The fraction of sp³-hybridized carbons (Fsp3) is 0.385. The van der Waals surface area contributed by atoms with Crippen molar-refractivity contribution in [3.63, 3.8) is 0 Å².